The maximum absolute atomic E-state index is 12.7. The molecule has 3 aromatic carbocycles. The minimum absolute atomic E-state index is 0.0964. The van der Waals surface area contributed by atoms with Gasteiger partial charge in [-0.2, -0.15) is 0 Å². The number of para-hydroxylation sites is 1. The van der Waals surface area contributed by atoms with E-state index in [0.29, 0.717) is 0 Å². The van der Waals surface area contributed by atoms with Crippen LogP contribution < -0.4 is 4.72 Å². The molecular formula is C22H20N2O2S. The van der Waals surface area contributed by atoms with Gasteiger partial charge >= 0.3 is 0 Å². The van der Waals surface area contributed by atoms with Crippen molar-refractivity contribution in [3.05, 3.63) is 102 Å². The van der Waals surface area contributed by atoms with E-state index in [1.54, 1.807) is 30.3 Å². The molecule has 1 atom stereocenters. The zero-order valence-corrected chi connectivity index (χ0v) is 15.5. The largest absolute Gasteiger partial charge is 0.361 e. The van der Waals surface area contributed by atoms with Crippen molar-refractivity contribution in [1.29, 1.82) is 0 Å². The lowest BCUT2D eigenvalue weighted by atomic mass is 9.91. The van der Waals surface area contributed by atoms with Crippen molar-refractivity contribution in [1.82, 2.24) is 9.71 Å². The van der Waals surface area contributed by atoms with E-state index in [-0.39, 0.29) is 17.4 Å². The molecule has 1 aromatic heterocycles. The van der Waals surface area contributed by atoms with Crippen LogP contribution >= 0.6 is 0 Å². The average Bonchev–Trinajstić information content (AvgIpc) is 3.14. The highest BCUT2D eigenvalue weighted by Gasteiger charge is 2.21. The second-order valence-corrected chi connectivity index (χ2v) is 8.18. The number of sulfonamides is 1. The molecule has 4 aromatic rings. The number of nitrogens with one attached hydrogen (secondary N) is 2. The minimum Gasteiger partial charge on any atom is -0.361 e. The van der Waals surface area contributed by atoms with Gasteiger partial charge in [-0.3, -0.25) is 0 Å². The van der Waals surface area contributed by atoms with E-state index in [0.717, 1.165) is 22.0 Å². The molecule has 4 rings (SSSR count). The monoisotopic (exact) mass is 376 g/mol. The Morgan fingerprint density at radius 3 is 2.19 bits per heavy atom. The Morgan fingerprint density at radius 1 is 0.815 bits per heavy atom. The summed E-state index contributed by atoms with van der Waals surface area (Å²) in [7, 11) is -3.57. The zero-order valence-electron chi connectivity index (χ0n) is 14.7. The molecule has 136 valence electrons. The second kappa shape index (κ2) is 7.39. The molecule has 0 aliphatic heterocycles. The molecule has 5 heteroatoms. The average molecular weight is 376 g/mol. The van der Waals surface area contributed by atoms with Crippen LogP contribution in [0.1, 0.15) is 17.0 Å². The fourth-order valence-electron chi connectivity index (χ4n) is 3.35. The van der Waals surface area contributed by atoms with Gasteiger partial charge in [0.15, 0.2) is 0 Å². The lowest BCUT2D eigenvalue weighted by molar-refractivity contribution is 0.577. The molecule has 1 unspecified atom stereocenters. The summed E-state index contributed by atoms with van der Waals surface area (Å²) in [5.41, 5.74) is 3.19. The van der Waals surface area contributed by atoms with Gasteiger partial charge in [0.05, 0.1) is 4.90 Å². The van der Waals surface area contributed by atoms with Crippen molar-refractivity contribution in [3.63, 3.8) is 0 Å². The Labute approximate surface area is 158 Å². The summed E-state index contributed by atoms with van der Waals surface area (Å²) in [6, 6.07) is 26.5. The number of aromatic amines is 1. The van der Waals surface area contributed by atoms with Gasteiger partial charge in [0.25, 0.3) is 0 Å². The van der Waals surface area contributed by atoms with Crippen LogP contribution in [0.2, 0.25) is 0 Å². The third-order valence-electron chi connectivity index (χ3n) is 4.73. The van der Waals surface area contributed by atoms with Crippen LogP contribution in [0.25, 0.3) is 10.9 Å². The number of aromatic nitrogens is 1. The molecular weight excluding hydrogens is 356 g/mol. The predicted octanol–water partition coefficient (Wildman–Crippen LogP) is 4.28. The van der Waals surface area contributed by atoms with Crippen LogP contribution in [0, 0.1) is 0 Å². The predicted molar refractivity (Wildman–Crippen MR) is 108 cm³/mol. The first kappa shape index (κ1) is 17.5. The fraction of sp³-hybridized carbons (Fsp3) is 0.0909. The van der Waals surface area contributed by atoms with Gasteiger partial charge in [0.2, 0.25) is 10.0 Å². The summed E-state index contributed by atoms with van der Waals surface area (Å²) in [6.45, 7) is 0.281. The van der Waals surface area contributed by atoms with Gasteiger partial charge in [-0.05, 0) is 29.3 Å². The number of hydrogen-bond donors (Lipinski definition) is 2. The van der Waals surface area contributed by atoms with Gasteiger partial charge in [-0.15, -0.1) is 0 Å². The first-order valence-corrected chi connectivity index (χ1v) is 10.3. The fourth-order valence-corrected chi connectivity index (χ4v) is 4.42. The van der Waals surface area contributed by atoms with E-state index in [4.69, 9.17) is 0 Å². The number of hydrogen-bond acceptors (Lipinski definition) is 2. The first-order valence-electron chi connectivity index (χ1n) is 8.81. The summed E-state index contributed by atoms with van der Waals surface area (Å²) >= 11 is 0. The smallest absolute Gasteiger partial charge is 0.240 e. The molecule has 0 fully saturated rings. The van der Waals surface area contributed by atoms with E-state index in [1.165, 1.54) is 0 Å². The highest BCUT2D eigenvalue weighted by Crippen LogP contribution is 2.30. The van der Waals surface area contributed by atoms with Crippen molar-refractivity contribution < 1.29 is 8.42 Å². The topological polar surface area (TPSA) is 62.0 Å². The molecule has 0 bridgehead atoms. The molecule has 4 nitrogen and oxygen atoms in total. The minimum atomic E-state index is -3.57. The molecule has 2 N–H and O–H groups in total. The Morgan fingerprint density at radius 2 is 1.44 bits per heavy atom. The summed E-state index contributed by atoms with van der Waals surface area (Å²) in [4.78, 5) is 3.56. The normalized spacial score (nSPS) is 12.9. The van der Waals surface area contributed by atoms with Crippen molar-refractivity contribution in [2.75, 3.05) is 6.54 Å². The number of H-pyrrole nitrogens is 1. The summed E-state index contributed by atoms with van der Waals surface area (Å²) in [5, 5.41) is 1.10. The molecule has 0 saturated heterocycles. The standard InChI is InChI=1S/C22H20N2O2S/c25-27(26,18-11-5-2-6-12-18)24-16-20(17-9-3-1-4-10-17)21-15-23-22-14-8-7-13-19(21)22/h1-15,20,23-24H,16H2. The Hall–Kier alpha value is -2.89. The highest BCUT2D eigenvalue weighted by molar-refractivity contribution is 7.89. The second-order valence-electron chi connectivity index (χ2n) is 6.42. The van der Waals surface area contributed by atoms with Gasteiger partial charge < -0.3 is 4.98 Å². The summed E-state index contributed by atoms with van der Waals surface area (Å²) < 4.78 is 28.1. The van der Waals surface area contributed by atoms with Gasteiger partial charge in [0.1, 0.15) is 0 Å². The number of fused-ring (bicyclic) bond motifs is 1. The Bertz CT molecular complexity index is 1140. The van der Waals surface area contributed by atoms with Crippen LogP contribution in [-0.2, 0) is 10.0 Å². The summed E-state index contributed by atoms with van der Waals surface area (Å²) in [5.74, 6) is -0.0964. The van der Waals surface area contributed by atoms with E-state index in [2.05, 4.69) is 15.8 Å². The van der Waals surface area contributed by atoms with Crippen molar-refractivity contribution in [3.8, 4) is 0 Å². The van der Waals surface area contributed by atoms with Gasteiger partial charge in [-0.25, -0.2) is 13.1 Å². The third-order valence-corrected chi connectivity index (χ3v) is 6.17. The molecule has 0 radical (unpaired) electrons. The summed E-state index contributed by atoms with van der Waals surface area (Å²) in [6.07, 6.45) is 1.97. The van der Waals surface area contributed by atoms with Crippen molar-refractivity contribution in [2.24, 2.45) is 0 Å². The molecule has 0 spiro atoms. The lowest BCUT2D eigenvalue weighted by Crippen LogP contribution is -2.29. The third kappa shape index (κ3) is 3.65. The molecule has 0 aliphatic rings. The maximum atomic E-state index is 12.7. The SMILES string of the molecule is O=S(=O)(NCC(c1ccccc1)c1c[nH]c2ccccc12)c1ccccc1. The number of benzene rings is 3. The van der Waals surface area contributed by atoms with E-state index >= 15 is 0 Å². The first-order chi connectivity index (χ1) is 13.1. The van der Waals surface area contributed by atoms with Gasteiger partial charge in [-0.1, -0.05) is 66.7 Å². The quantitative estimate of drug-likeness (QED) is 0.528. The maximum Gasteiger partial charge on any atom is 0.240 e. The van der Waals surface area contributed by atoms with Crippen LogP contribution in [0.3, 0.4) is 0 Å². The molecule has 1 heterocycles. The lowest BCUT2D eigenvalue weighted by Gasteiger charge is -2.18. The molecule has 0 amide bonds. The zero-order chi connectivity index (χ0) is 18.7. The van der Waals surface area contributed by atoms with Crippen LogP contribution in [0.4, 0.5) is 0 Å². The van der Waals surface area contributed by atoms with Crippen LogP contribution in [0.5, 0.6) is 0 Å². The van der Waals surface area contributed by atoms with E-state index in [1.807, 2.05) is 54.7 Å². The van der Waals surface area contributed by atoms with Crippen LogP contribution in [-0.4, -0.2) is 19.9 Å². The van der Waals surface area contributed by atoms with E-state index < -0.39 is 10.0 Å². The molecule has 27 heavy (non-hydrogen) atoms. The molecule has 0 aliphatic carbocycles. The van der Waals surface area contributed by atoms with Gasteiger partial charge in [0, 0.05) is 29.6 Å². The van der Waals surface area contributed by atoms with Crippen LogP contribution in [0.15, 0.2) is 96.0 Å². The van der Waals surface area contributed by atoms with Crippen molar-refractivity contribution in [2.45, 2.75) is 10.8 Å². The van der Waals surface area contributed by atoms with Crippen molar-refractivity contribution >= 4 is 20.9 Å². The molecule has 0 saturated carbocycles. The Balaban J connectivity index is 1.70. The van der Waals surface area contributed by atoms with E-state index in [9.17, 15) is 8.42 Å². The highest BCUT2D eigenvalue weighted by atomic mass is 32.2. The Kier molecular flexibility index (Phi) is 4.79. The number of rotatable bonds is 6.